The van der Waals surface area contributed by atoms with Crippen LogP contribution in [0.3, 0.4) is 0 Å². The molecule has 1 amide bonds. The molecule has 146 valence electrons. The number of fused-ring (bicyclic) bond motifs is 1. The lowest BCUT2D eigenvalue weighted by Crippen LogP contribution is -2.43. The molecule has 26 heavy (non-hydrogen) atoms. The van der Waals surface area contributed by atoms with Crippen LogP contribution in [0.5, 0.6) is 0 Å². The molecule has 1 atom stereocenters. The highest BCUT2D eigenvalue weighted by molar-refractivity contribution is 6.31. The maximum Gasteiger partial charge on any atom is 0.298 e. The number of hydrogen-bond acceptors (Lipinski definition) is 5. The van der Waals surface area contributed by atoms with E-state index in [4.69, 9.17) is 21.8 Å². The van der Waals surface area contributed by atoms with E-state index in [0.29, 0.717) is 36.3 Å². The summed E-state index contributed by atoms with van der Waals surface area (Å²) in [6.07, 6.45) is 3.69. The Morgan fingerprint density at radius 2 is 2.19 bits per heavy atom. The van der Waals surface area contributed by atoms with Crippen molar-refractivity contribution in [2.24, 2.45) is 11.7 Å². The number of nitrogens with two attached hydrogens (primary N) is 1. The quantitative estimate of drug-likeness (QED) is 0.696. The number of piperidine rings is 1. The van der Waals surface area contributed by atoms with Crippen LogP contribution < -0.4 is 16.0 Å². The number of anilines is 1. The molecule has 9 heteroatoms. The van der Waals surface area contributed by atoms with E-state index in [2.05, 4.69) is 10.3 Å². The predicted octanol–water partition coefficient (Wildman–Crippen LogP) is 3.40. The molecule has 1 aliphatic heterocycles. The Morgan fingerprint density at radius 1 is 1.38 bits per heavy atom. The Labute approximate surface area is 170 Å². The minimum absolute atomic E-state index is 0. The van der Waals surface area contributed by atoms with Crippen LogP contribution in [0.1, 0.15) is 25.7 Å². The SMILES string of the molecule is Cl.Cl.NCCCCNC(=O)C1CCCN(c2nc3cc(Cl)ccc3o2)C1. The van der Waals surface area contributed by atoms with Gasteiger partial charge >= 0.3 is 0 Å². The third kappa shape index (κ3) is 5.64. The number of aromatic nitrogens is 1. The minimum Gasteiger partial charge on any atom is -0.423 e. The van der Waals surface area contributed by atoms with Gasteiger partial charge in [0.2, 0.25) is 5.91 Å². The van der Waals surface area contributed by atoms with Gasteiger partial charge in [0.1, 0.15) is 5.52 Å². The molecule has 1 fully saturated rings. The third-order valence-corrected chi connectivity index (χ3v) is 4.57. The minimum atomic E-state index is -0.0322. The first kappa shape index (κ1) is 22.8. The van der Waals surface area contributed by atoms with E-state index in [1.54, 1.807) is 12.1 Å². The normalized spacial score (nSPS) is 16.7. The van der Waals surface area contributed by atoms with Crippen molar-refractivity contribution in [2.75, 3.05) is 31.1 Å². The Morgan fingerprint density at radius 3 is 2.96 bits per heavy atom. The van der Waals surface area contributed by atoms with Crippen LogP contribution in [0.4, 0.5) is 6.01 Å². The number of rotatable bonds is 6. The van der Waals surface area contributed by atoms with Crippen molar-refractivity contribution in [1.29, 1.82) is 0 Å². The smallest absolute Gasteiger partial charge is 0.298 e. The predicted molar refractivity (Wildman–Crippen MR) is 110 cm³/mol. The second kappa shape index (κ2) is 10.8. The summed E-state index contributed by atoms with van der Waals surface area (Å²) in [6.45, 7) is 2.82. The van der Waals surface area contributed by atoms with Crippen LogP contribution in [0.25, 0.3) is 11.1 Å². The average molecular weight is 424 g/mol. The molecule has 0 aliphatic carbocycles. The molecule has 3 rings (SSSR count). The fraction of sp³-hybridized carbons (Fsp3) is 0.529. The monoisotopic (exact) mass is 422 g/mol. The van der Waals surface area contributed by atoms with Crippen molar-refractivity contribution < 1.29 is 9.21 Å². The van der Waals surface area contributed by atoms with Crippen molar-refractivity contribution in [3.05, 3.63) is 23.2 Å². The molecule has 1 aliphatic rings. The van der Waals surface area contributed by atoms with E-state index in [0.717, 1.165) is 37.7 Å². The average Bonchev–Trinajstić information content (AvgIpc) is 3.02. The number of hydrogen-bond donors (Lipinski definition) is 2. The fourth-order valence-corrected chi connectivity index (χ4v) is 3.18. The first-order chi connectivity index (χ1) is 11.7. The highest BCUT2D eigenvalue weighted by Gasteiger charge is 2.28. The molecule has 1 unspecified atom stereocenters. The van der Waals surface area contributed by atoms with Crippen molar-refractivity contribution in [3.63, 3.8) is 0 Å². The standard InChI is InChI=1S/C17H23ClN4O2.2ClH/c18-13-5-6-15-14(10-13)21-17(24-15)22-9-3-4-12(11-22)16(23)20-8-2-1-7-19;;/h5-6,10,12H,1-4,7-9,11,19H2,(H,20,23);2*1H. The second-order valence-corrected chi connectivity index (χ2v) is 6.62. The summed E-state index contributed by atoms with van der Waals surface area (Å²) in [6, 6.07) is 5.95. The van der Waals surface area contributed by atoms with Gasteiger partial charge in [0.05, 0.1) is 5.92 Å². The maximum atomic E-state index is 12.3. The van der Waals surface area contributed by atoms with E-state index >= 15 is 0 Å². The summed E-state index contributed by atoms with van der Waals surface area (Å²) in [5.41, 5.74) is 6.92. The number of amides is 1. The topological polar surface area (TPSA) is 84.4 Å². The summed E-state index contributed by atoms with van der Waals surface area (Å²) in [5, 5.41) is 3.64. The molecule has 1 saturated heterocycles. The first-order valence-corrected chi connectivity index (χ1v) is 8.84. The van der Waals surface area contributed by atoms with E-state index in [1.165, 1.54) is 0 Å². The Kier molecular flexibility index (Phi) is 9.50. The Balaban J connectivity index is 0.00000169. The van der Waals surface area contributed by atoms with Crippen LogP contribution in [0.15, 0.2) is 22.6 Å². The zero-order chi connectivity index (χ0) is 16.9. The van der Waals surface area contributed by atoms with Gasteiger partial charge in [-0.15, -0.1) is 24.8 Å². The molecule has 2 aromatic rings. The maximum absolute atomic E-state index is 12.3. The molecule has 0 radical (unpaired) electrons. The van der Waals surface area contributed by atoms with Crippen molar-refractivity contribution >= 4 is 59.4 Å². The number of unbranched alkanes of at least 4 members (excludes halogenated alkanes) is 1. The molecule has 1 aromatic carbocycles. The lowest BCUT2D eigenvalue weighted by atomic mass is 9.97. The molecule has 6 nitrogen and oxygen atoms in total. The molecule has 1 aromatic heterocycles. The molecule has 0 saturated carbocycles. The van der Waals surface area contributed by atoms with Crippen LogP contribution >= 0.6 is 36.4 Å². The summed E-state index contributed by atoms with van der Waals surface area (Å²) in [4.78, 5) is 18.9. The van der Waals surface area contributed by atoms with Gasteiger partial charge in [-0.1, -0.05) is 11.6 Å². The number of carbonyl (C=O) groups is 1. The van der Waals surface area contributed by atoms with Crippen LogP contribution in [-0.4, -0.2) is 37.1 Å². The molecular weight excluding hydrogens is 399 g/mol. The number of oxazole rings is 1. The number of halogens is 3. The molecule has 0 spiro atoms. The summed E-state index contributed by atoms with van der Waals surface area (Å²) in [7, 11) is 0. The largest absolute Gasteiger partial charge is 0.423 e. The highest BCUT2D eigenvalue weighted by atomic mass is 35.5. The van der Waals surface area contributed by atoms with Gasteiger partial charge in [-0.2, -0.15) is 4.98 Å². The summed E-state index contributed by atoms with van der Waals surface area (Å²) in [5.74, 6) is 0.0751. The van der Waals surface area contributed by atoms with E-state index in [1.807, 2.05) is 11.0 Å². The van der Waals surface area contributed by atoms with Gasteiger partial charge in [0, 0.05) is 24.7 Å². The molecule has 3 N–H and O–H groups in total. The van der Waals surface area contributed by atoms with E-state index < -0.39 is 0 Å². The molecule has 2 heterocycles. The van der Waals surface area contributed by atoms with E-state index in [-0.39, 0.29) is 36.6 Å². The lowest BCUT2D eigenvalue weighted by molar-refractivity contribution is -0.125. The third-order valence-electron chi connectivity index (χ3n) is 4.33. The van der Waals surface area contributed by atoms with Crippen molar-refractivity contribution in [1.82, 2.24) is 10.3 Å². The lowest BCUT2D eigenvalue weighted by Gasteiger charge is -2.30. The first-order valence-electron chi connectivity index (χ1n) is 8.46. The van der Waals surface area contributed by atoms with Gasteiger partial charge in [-0.05, 0) is 50.4 Å². The summed E-state index contributed by atoms with van der Waals surface area (Å²) >= 11 is 5.99. The van der Waals surface area contributed by atoms with Crippen LogP contribution in [0.2, 0.25) is 5.02 Å². The number of carbonyl (C=O) groups excluding carboxylic acids is 1. The zero-order valence-corrected chi connectivity index (χ0v) is 16.8. The number of benzene rings is 1. The summed E-state index contributed by atoms with van der Waals surface area (Å²) < 4.78 is 5.81. The van der Waals surface area contributed by atoms with Crippen LogP contribution in [0, 0.1) is 5.92 Å². The molecule has 0 bridgehead atoms. The highest BCUT2D eigenvalue weighted by Crippen LogP contribution is 2.27. The molecular formula is C17H25Cl3N4O2. The zero-order valence-electron chi connectivity index (χ0n) is 14.4. The number of nitrogens with zero attached hydrogens (tertiary/aromatic N) is 2. The van der Waals surface area contributed by atoms with Gasteiger partial charge in [0.25, 0.3) is 6.01 Å². The van der Waals surface area contributed by atoms with E-state index in [9.17, 15) is 4.79 Å². The van der Waals surface area contributed by atoms with Crippen LogP contribution in [-0.2, 0) is 4.79 Å². The Hall–Kier alpha value is -1.21. The van der Waals surface area contributed by atoms with Crippen molar-refractivity contribution in [3.8, 4) is 0 Å². The van der Waals surface area contributed by atoms with Gasteiger partial charge in [-0.25, -0.2) is 0 Å². The number of nitrogens with one attached hydrogen (secondary N) is 1. The van der Waals surface area contributed by atoms with Gasteiger partial charge in [0.15, 0.2) is 5.58 Å². The Bertz CT molecular complexity index is 710. The van der Waals surface area contributed by atoms with Gasteiger partial charge < -0.3 is 20.4 Å². The van der Waals surface area contributed by atoms with Crippen molar-refractivity contribution in [2.45, 2.75) is 25.7 Å². The fourth-order valence-electron chi connectivity index (χ4n) is 3.01. The second-order valence-electron chi connectivity index (χ2n) is 6.18. The van der Waals surface area contributed by atoms with Gasteiger partial charge in [-0.3, -0.25) is 4.79 Å².